The number of pyridine rings is 1. The second-order valence-electron chi connectivity index (χ2n) is 3.18. The maximum atomic E-state index is 11.0. The summed E-state index contributed by atoms with van der Waals surface area (Å²) in [5, 5.41) is 10.7. The van der Waals surface area contributed by atoms with E-state index in [4.69, 9.17) is 21.4 Å². The van der Waals surface area contributed by atoms with E-state index in [1.54, 1.807) is 12.1 Å². The van der Waals surface area contributed by atoms with Crippen molar-refractivity contribution in [2.24, 2.45) is 0 Å². The van der Waals surface area contributed by atoms with Crippen LogP contribution in [0.5, 0.6) is 5.75 Å². The highest BCUT2D eigenvalue weighted by Gasteiger charge is 2.13. The van der Waals surface area contributed by atoms with Crippen molar-refractivity contribution in [1.82, 2.24) is 4.98 Å². The second-order valence-corrected chi connectivity index (χ2v) is 3.54. The van der Waals surface area contributed by atoms with Crippen LogP contribution < -0.4 is 4.74 Å². The molecule has 0 aliphatic carbocycles. The molecule has 2 rings (SSSR count). The van der Waals surface area contributed by atoms with Gasteiger partial charge in [-0.2, -0.15) is 0 Å². The SMILES string of the molecule is COc1cc2c(Cl)nccc2cc1C(=O)O. The highest BCUT2D eigenvalue weighted by atomic mass is 35.5. The zero-order valence-electron chi connectivity index (χ0n) is 8.40. The van der Waals surface area contributed by atoms with E-state index in [2.05, 4.69) is 4.98 Å². The van der Waals surface area contributed by atoms with Crippen LogP contribution >= 0.6 is 11.6 Å². The van der Waals surface area contributed by atoms with Gasteiger partial charge in [-0.15, -0.1) is 0 Å². The predicted molar refractivity (Wildman–Crippen MR) is 60.3 cm³/mol. The van der Waals surface area contributed by atoms with Crippen molar-refractivity contribution in [3.8, 4) is 5.75 Å². The summed E-state index contributed by atoms with van der Waals surface area (Å²) in [6, 6.07) is 4.80. The lowest BCUT2D eigenvalue weighted by Crippen LogP contribution is -2.00. The Morgan fingerprint density at radius 3 is 2.88 bits per heavy atom. The first-order valence-corrected chi connectivity index (χ1v) is 4.87. The molecule has 5 heteroatoms. The number of carbonyl (C=O) groups is 1. The van der Waals surface area contributed by atoms with Crippen LogP contribution in [0.2, 0.25) is 5.15 Å². The van der Waals surface area contributed by atoms with Crippen LogP contribution in [0.3, 0.4) is 0 Å². The van der Waals surface area contributed by atoms with Gasteiger partial charge in [-0.05, 0) is 23.6 Å². The molecule has 0 saturated carbocycles. The second kappa shape index (κ2) is 3.98. The van der Waals surface area contributed by atoms with Gasteiger partial charge in [0.1, 0.15) is 16.5 Å². The van der Waals surface area contributed by atoms with Gasteiger partial charge >= 0.3 is 5.97 Å². The monoisotopic (exact) mass is 237 g/mol. The predicted octanol–water partition coefficient (Wildman–Crippen LogP) is 2.59. The Kier molecular flexibility index (Phi) is 2.66. The molecule has 0 bridgehead atoms. The fourth-order valence-corrected chi connectivity index (χ4v) is 1.72. The summed E-state index contributed by atoms with van der Waals surface area (Å²) in [6.07, 6.45) is 1.53. The first-order chi connectivity index (χ1) is 7.63. The van der Waals surface area contributed by atoms with E-state index in [-0.39, 0.29) is 11.3 Å². The lowest BCUT2D eigenvalue weighted by Gasteiger charge is -2.07. The van der Waals surface area contributed by atoms with Gasteiger partial charge in [0.15, 0.2) is 0 Å². The highest BCUT2D eigenvalue weighted by Crippen LogP contribution is 2.29. The number of nitrogens with zero attached hydrogens (tertiary/aromatic N) is 1. The average molecular weight is 238 g/mol. The number of methoxy groups -OCH3 is 1. The number of halogens is 1. The van der Waals surface area contributed by atoms with Crippen molar-refractivity contribution < 1.29 is 14.6 Å². The summed E-state index contributed by atoms with van der Waals surface area (Å²) in [4.78, 5) is 14.9. The van der Waals surface area contributed by atoms with Crippen LogP contribution in [0.1, 0.15) is 10.4 Å². The quantitative estimate of drug-likeness (QED) is 0.816. The minimum atomic E-state index is -1.04. The van der Waals surface area contributed by atoms with Crippen molar-refractivity contribution in [3.63, 3.8) is 0 Å². The van der Waals surface area contributed by atoms with Gasteiger partial charge in [0, 0.05) is 11.6 Å². The van der Waals surface area contributed by atoms with Crippen LogP contribution in [0, 0.1) is 0 Å². The molecule has 82 valence electrons. The average Bonchev–Trinajstić information content (AvgIpc) is 2.28. The Balaban J connectivity index is 2.80. The summed E-state index contributed by atoms with van der Waals surface area (Å²) < 4.78 is 5.00. The van der Waals surface area contributed by atoms with Crippen LogP contribution in [0.4, 0.5) is 0 Å². The van der Waals surface area contributed by atoms with Crippen molar-refractivity contribution in [1.29, 1.82) is 0 Å². The van der Waals surface area contributed by atoms with Crippen molar-refractivity contribution in [2.45, 2.75) is 0 Å². The Morgan fingerprint density at radius 2 is 2.25 bits per heavy atom. The standard InChI is InChI=1S/C11H8ClNO3/c1-16-9-5-7-6(2-3-13-10(7)12)4-8(9)11(14)15/h2-5H,1H3,(H,14,15). The van der Waals surface area contributed by atoms with Gasteiger partial charge < -0.3 is 9.84 Å². The summed E-state index contributed by atoms with van der Waals surface area (Å²) >= 11 is 5.90. The molecular weight excluding hydrogens is 230 g/mol. The lowest BCUT2D eigenvalue weighted by molar-refractivity contribution is 0.0693. The largest absolute Gasteiger partial charge is 0.496 e. The molecule has 0 spiro atoms. The number of benzene rings is 1. The third kappa shape index (κ3) is 1.67. The van der Waals surface area contributed by atoms with Crippen LogP contribution in [-0.2, 0) is 0 Å². The zero-order valence-corrected chi connectivity index (χ0v) is 9.15. The van der Waals surface area contributed by atoms with Crippen LogP contribution in [-0.4, -0.2) is 23.2 Å². The van der Waals surface area contributed by atoms with Crippen molar-refractivity contribution in [3.05, 3.63) is 35.1 Å². The minimum absolute atomic E-state index is 0.109. The first-order valence-electron chi connectivity index (χ1n) is 4.49. The van der Waals surface area contributed by atoms with E-state index >= 15 is 0 Å². The number of aromatic carboxylic acids is 1. The summed E-state index contributed by atoms with van der Waals surface area (Å²) in [5.74, 6) is -0.762. The third-order valence-electron chi connectivity index (χ3n) is 2.27. The van der Waals surface area contributed by atoms with Crippen LogP contribution in [0.15, 0.2) is 24.4 Å². The molecule has 0 unspecified atom stereocenters. The third-order valence-corrected chi connectivity index (χ3v) is 2.57. The molecular formula is C11H8ClNO3. The fraction of sp³-hybridized carbons (Fsp3) is 0.0909. The molecule has 0 amide bonds. The van der Waals surface area contributed by atoms with Gasteiger partial charge in [-0.1, -0.05) is 11.6 Å². The maximum Gasteiger partial charge on any atom is 0.339 e. The topological polar surface area (TPSA) is 59.4 Å². The van der Waals surface area contributed by atoms with Gasteiger partial charge in [0.25, 0.3) is 0 Å². The number of carboxylic acids is 1. The molecule has 1 N–H and O–H groups in total. The molecule has 1 heterocycles. The summed E-state index contributed by atoms with van der Waals surface area (Å²) in [6.45, 7) is 0. The Labute approximate surface area is 96.4 Å². The van der Waals surface area contributed by atoms with E-state index in [0.29, 0.717) is 10.5 Å². The van der Waals surface area contributed by atoms with Crippen LogP contribution in [0.25, 0.3) is 10.8 Å². The fourth-order valence-electron chi connectivity index (χ4n) is 1.50. The zero-order chi connectivity index (χ0) is 11.7. The molecule has 4 nitrogen and oxygen atoms in total. The highest BCUT2D eigenvalue weighted by molar-refractivity contribution is 6.34. The summed E-state index contributed by atoms with van der Waals surface area (Å²) in [5.41, 5.74) is 0.109. The van der Waals surface area contributed by atoms with Gasteiger partial charge in [-0.25, -0.2) is 9.78 Å². The molecule has 16 heavy (non-hydrogen) atoms. The smallest absolute Gasteiger partial charge is 0.339 e. The van der Waals surface area contributed by atoms with Gasteiger partial charge in [-0.3, -0.25) is 0 Å². The van der Waals surface area contributed by atoms with Crippen molar-refractivity contribution in [2.75, 3.05) is 7.11 Å². The summed E-state index contributed by atoms with van der Waals surface area (Å²) in [7, 11) is 1.41. The number of rotatable bonds is 2. The molecule has 1 aromatic carbocycles. The van der Waals surface area contributed by atoms with E-state index in [1.165, 1.54) is 19.4 Å². The number of hydrogen-bond donors (Lipinski definition) is 1. The number of aromatic nitrogens is 1. The van der Waals surface area contributed by atoms with E-state index in [0.717, 1.165) is 5.39 Å². The number of hydrogen-bond acceptors (Lipinski definition) is 3. The van der Waals surface area contributed by atoms with Gasteiger partial charge in [0.2, 0.25) is 0 Å². The lowest BCUT2D eigenvalue weighted by atomic mass is 10.1. The van der Waals surface area contributed by atoms with E-state index < -0.39 is 5.97 Å². The number of carboxylic acid groups (broad SMARTS) is 1. The molecule has 1 aromatic heterocycles. The molecule has 0 atom stereocenters. The number of fused-ring (bicyclic) bond motifs is 1. The minimum Gasteiger partial charge on any atom is -0.496 e. The molecule has 0 aliphatic heterocycles. The van der Waals surface area contributed by atoms with Crippen molar-refractivity contribution >= 4 is 28.3 Å². The molecule has 2 aromatic rings. The maximum absolute atomic E-state index is 11.0. The normalized spacial score (nSPS) is 10.4. The molecule has 0 fully saturated rings. The Morgan fingerprint density at radius 1 is 1.50 bits per heavy atom. The molecule has 0 saturated heterocycles. The Hall–Kier alpha value is -1.81. The van der Waals surface area contributed by atoms with E-state index in [9.17, 15) is 4.79 Å². The molecule has 0 aliphatic rings. The van der Waals surface area contributed by atoms with Gasteiger partial charge in [0.05, 0.1) is 7.11 Å². The Bertz CT molecular complexity index is 568. The first kappa shape index (κ1) is 10.7. The van der Waals surface area contributed by atoms with E-state index in [1.807, 2.05) is 0 Å². The molecule has 0 radical (unpaired) electrons. The number of ether oxygens (including phenoxy) is 1.